The molecule has 1 amide bonds. The maximum absolute atomic E-state index is 12.6. The minimum absolute atomic E-state index is 0.286. The van der Waals surface area contributed by atoms with Crippen LogP contribution in [0.5, 0.6) is 0 Å². The first-order chi connectivity index (χ1) is 12.6. The van der Waals surface area contributed by atoms with Crippen molar-refractivity contribution in [3.8, 4) is 0 Å². The van der Waals surface area contributed by atoms with E-state index in [1.165, 1.54) is 5.01 Å². The van der Waals surface area contributed by atoms with Gasteiger partial charge in [0.15, 0.2) is 6.61 Å². The van der Waals surface area contributed by atoms with E-state index in [2.05, 4.69) is 5.10 Å². The van der Waals surface area contributed by atoms with Crippen molar-refractivity contribution >= 4 is 29.2 Å². The minimum atomic E-state index is -0.392. The second-order valence-corrected chi connectivity index (χ2v) is 6.37. The minimum Gasteiger partial charge on any atom is -0.467 e. The summed E-state index contributed by atoms with van der Waals surface area (Å²) in [6.07, 6.45) is 3.02. The standard InChI is InChI=1S/C19H19ClN2O4/c1-2-4-19(24)26-12-18(23)22-16(17-5-3-10-25-17)11-15(21-22)13-6-8-14(20)9-7-13/h3,5-10,16H,2,4,11-12H2,1H3/t16-/m1/s1. The normalized spacial score (nSPS) is 16.5. The summed E-state index contributed by atoms with van der Waals surface area (Å²) >= 11 is 5.94. The Morgan fingerprint density at radius 3 is 2.73 bits per heavy atom. The van der Waals surface area contributed by atoms with Gasteiger partial charge in [0.1, 0.15) is 11.8 Å². The monoisotopic (exact) mass is 374 g/mol. The number of hydrogen-bond acceptors (Lipinski definition) is 5. The smallest absolute Gasteiger partial charge is 0.306 e. The quantitative estimate of drug-likeness (QED) is 0.717. The van der Waals surface area contributed by atoms with Gasteiger partial charge < -0.3 is 9.15 Å². The molecule has 1 aromatic carbocycles. The molecule has 1 aliphatic rings. The molecule has 1 aliphatic heterocycles. The fourth-order valence-electron chi connectivity index (χ4n) is 2.74. The highest BCUT2D eigenvalue weighted by molar-refractivity contribution is 6.30. The lowest BCUT2D eigenvalue weighted by atomic mass is 10.0. The number of carbonyl (C=O) groups is 2. The van der Waals surface area contributed by atoms with E-state index in [9.17, 15) is 9.59 Å². The molecule has 0 radical (unpaired) electrons. The summed E-state index contributed by atoms with van der Waals surface area (Å²) in [5, 5.41) is 6.42. The van der Waals surface area contributed by atoms with Gasteiger partial charge in [-0.15, -0.1) is 0 Å². The number of hydrogen-bond donors (Lipinski definition) is 0. The third kappa shape index (κ3) is 4.14. The summed E-state index contributed by atoms with van der Waals surface area (Å²) in [5.41, 5.74) is 1.63. The van der Waals surface area contributed by atoms with Gasteiger partial charge in [-0.05, 0) is 36.2 Å². The Morgan fingerprint density at radius 1 is 1.31 bits per heavy atom. The Labute approximate surface area is 156 Å². The molecule has 0 N–H and O–H groups in total. The van der Waals surface area contributed by atoms with Crippen molar-refractivity contribution in [3.05, 3.63) is 59.0 Å². The maximum Gasteiger partial charge on any atom is 0.306 e. The average molecular weight is 375 g/mol. The summed E-state index contributed by atoms with van der Waals surface area (Å²) in [5.74, 6) is -0.151. The van der Waals surface area contributed by atoms with Crippen LogP contribution in [-0.2, 0) is 14.3 Å². The van der Waals surface area contributed by atoms with Crippen LogP contribution in [0.1, 0.15) is 43.6 Å². The van der Waals surface area contributed by atoms with Gasteiger partial charge >= 0.3 is 5.97 Å². The van der Waals surface area contributed by atoms with Gasteiger partial charge in [-0.3, -0.25) is 9.59 Å². The molecule has 1 aromatic heterocycles. The zero-order chi connectivity index (χ0) is 18.5. The van der Waals surface area contributed by atoms with E-state index in [0.717, 1.165) is 11.3 Å². The third-order valence-corrected chi connectivity index (χ3v) is 4.28. The Balaban J connectivity index is 1.79. The van der Waals surface area contributed by atoms with Crippen molar-refractivity contribution in [1.82, 2.24) is 5.01 Å². The van der Waals surface area contributed by atoms with Crippen LogP contribution in [0.4, 0.5) is 0 Å². The molecule has 6 nitrogen and oxygen atoms in total. The van der Waals surface area contributed by atoms with Crippen molar-refractivity contribution in [2.45, 2.75) is 32.2 Å². The highest BCUT2D eigenvalue weighted by atomic mass is 35.5. The molecular formula is C19H19ClN2O4. The summed E-state index contributed by atoms with van der Waals surface area (Å²) < 4.78 is 10.5. The summed E-state index contributed by atoms with van der Waals surface area (Å²) in [6, 6.07) is 10.5. The Hall–Kier alpha value is -2.60. The molecule has 0 bridgehead atoms. The second kappa shape index (κ2) is 8.19. The van der Waals surface area contributed by atoms with E-state index in [1.54, 1.807) is 30.5 Å². The van der Waals surface area contributed by atoms with Gasteiger partial charge in [0.2, 0.25) is 0 Å². The van der Waals surface area contributed by atoms with Crippen molar-refractivity contribution in [2.24, 2.45) is 5.10 Å². The van der Waals surface area contributed by atoms with E-state index in [1.807, 2.05) is 19.1 Å². The third-order valence-electron chi connectivity index (χ3n) is 4.03. The number of nitrogens with zero attached hydrogens (tertiary/aromatic N) is 2. The number of halogens is 1. The lowest BCUT2D eigenvalue weighted by Crippen LogP contribution is -2.31. The largest absolute Gasteiger partial charge is 0.467 e. The Bertz CT molecular complexity index is 799. The molecule has 1 atom stereocenters. The molecule has 136 valence electrons. The fourth-order valence-corrected chi connectivity index (χ4v) is 2.87. The van der Waals surface area contributed by atoms with Crippen LogP contribution in [0.2, 0.25) is 5.02 Å². The summed E-state index contributed by atoms with van der Waals surface area (Å²) in [7, 11) is 0. The van der Waals surface area contributed by atoms with E-state index in [0.29, 0.717) is 23.6 Å². The molecule has 2 heterocycles. The maximum atomic E-state index is 12.6. The molecule has 0 unspecified atom stereocenters. The van der Waals surface area contributed by atoms with Crippen molar-refractivity contribution in [3.63, 3.8) is 0 Å². The predicted molar refractivity (Wildman–Crippen MR) is 96.8 cm³/mol. The number of furan rings is 1. The van der Waals surface area contributed by atoms with Crippen molar-refractivity contribution in [2.75, 3.05) is 6.61 Å². The van der Waals surface area contributed by atoms with E-state index in [-0.39, 0.29) is 25.0 Å². The molecule has 0 spiro atoms. The van der Waals surface area contributed by atoms with Gasteiger partial charge in [-0.25, -0.2) is 5.01 Å². The lowest BCUT2D eigenvalue weighted by molar-refractivity contribution is -0.153. The van der Waals surface area contributed by atoms with Crippen LogP contribution in [-0.4, -0.2) is 29.2 Å². The topological polar surface area (TPSA) is 72.1 Å². The predicted octanol–water partition coefficient (Wildman–Crippen LogP) is 3.95. The number of esters is 1. The zero-order valence-corrected chi connectivity index (χ0v) is 15.1. The Morgan fingerprint density at radius 2 is 2.08 bits per heavy atom. The lowest BCUT2D eigenvalue weighted by Gasteiger charge is -2.19. The average Bonchev–Trinajstić information content (AvgIpc) is 3.30. The summed E-state index contributed by atoms with van der Waals surface area (Å²) in [6.45, 7) is 1.53. The molecular weight excluding hydrogens is 356 g/mol. The zero-order valence-electron chi connectivity index (χ0n) is 14.4. The molecule has 26 heavy (non-hydrogen) atoms. The van der Waals surface area contributed by atoms with Crippen LogP contribution < -0.4 is 0 Å². The van der Waals surface area contributed by atoms with Gasteiger partial charge in [0.05, 0.1) is 12.0 Å². The van der Waals surface area contributed by atoms with Crippen LogP contribution in [0.3, 0.4) is 0 Å². The van der Waals surface area contributed by atoms with Crippen LogP contribution in [0, 0.1) is 0 Å². The number of amides is 1. The number of ether oxygens (including phenoxy) is 1. The van der Waals surface area contributed by atoms with Crippen LogP contribution >= 0.6 is 11.6 Å². The van der Waals surface area contributed by atoms with Gasteiger partial charge in [-0.1, -0.05) is 30.7 Å². The van der Waals surface area contributed by atoms with Crippen molar-refractivity contribution < 1.29 is 18.7 Å². The first-order valence-corrected chi connectivity index (χ1v) is 8.80. The molecule has 0 aliphatic carbocycles. The molecule has 0 fully saturated rings. The second-order valence-electron chi connectivity index (χ2n) is 5.94. The first kappa shape index (κ1) is 18.2. The molecule has 7 heteroatoms. The number of carbonyl (C=O) groups excluding carboxylic acids is 2. The molecule has 3 rings (SSSR count). The van der Waals surface area contributed by atoms with Gasteiger partial charge in [-0.2, -0.15) is 5.10 Å². The number of rotatable bonds is 6. The van der Waals surface area contributed by atoms with Crippen LogP contribution in [0.25, 0.3) is 0 Å². The van der Waals surface area contributed by atoms with Gasteiger partial charge in [0, 0.05) is 17.9 Å². The first-order valence-electron chi connectivity index (χ1n) is 8.43. The van der Waals surface area contributed by atoms with E-state index < -0.39 is 5.97 Å². The van der Waals surface area contributed by atoms with Gasteiger partial charge in [0.25, 0.3) is 5.91 Å². The highest BCUT2D eigenvalue weighted by Gasteiger charge is 2.35. The van der Waals surface area contributed by atoms with E-state index >= 15 is 0 Å². The molecule has 2 aromatic rings. The Kier molecular flexibility index (Phi) is 5.73. The summed E-state index contributed by atoms with van der Waals surface area (Å²) in [4.78, 5) is 24.1. The SMILES string of the molecule is CCCC(=O)OCC(=O)N1N=C(c2ccc(Cl)cc2)C[C@@H]1c1ccco1. The number of benzene rings is 1. The van der Waals surface area contributed by atoms with E-state index in [4.69, 9.17) is 20.8 Å². The van der Waals surface area contributed by atoms with Crippen molar-refractivity contribution in [1.29, 1.82) is 0 Å². The van der Waals surface area contributed by atoms with Crippen LogP contribution in [0.15, 0.2) is 52.2 Å². The highest BCUT2D eigenvalue weighted by Crippen LogP contribution is 2.33. The molecule has 0 saturated carbocycles. The fraction of sp³-hybridized carbons (Fsp3) is 0.316. The number of hydrazone groups is 1. The molecule has 0 saturated heterocycles.